The lowest BCUT2D eigenvalue weighted by Crippen LogP contribution is -1.77. The normalized spacial score (nSPS) is 12.6. The molecule has 0 aliphatic carbocycles. The fraction of sp³-hybridized carbons (Fsp3) is 1.00. The van der Waals surface area contributed by atoms with Crippen molar-refractivity contribution in [1.82, 2.24) is 0 Å². The van der Waals surface area contributed by atoms with E-state index in [-0.39, 0.29) is 27.2 Å². The number of halogens is 1. The molecule has 5 heavy (non-hydrogen) atoms. The van der Waals surface area contributed by atoms with Crippen LogP contribution in [0, 0.1) is 0 Å². The molecule has 1 nitrogen and oxygen atoms in total. The summed E-state index contributed by atoms with van der Waals surface area (Å²) in [5, 5.41) is 8.04. The lowest BCUT2D eigenvalue weighted by molar-refractivity contribution is 0.299. The molecular weight excluding hydrogens is 191 g/mol. The van der Waals surface area contributed by atoms with Gasteiger partial charge in [0.15, 0.2) is 0 Å². The van der Waals surface area contributed by atoms with Crippen LogP contribution in [0.3, 0.4) is 0 Å². The van der Waals surface area contributed by atoms with Crippen LogP contribution < -0.4 is 0 Å². The van der Waals surface area contributed by atoms with Gasteiger partial charge in [-0.05, 0) is 6.92 Å². The summed E-state index contributed by atoms with van der Waals surface area (Å²) in [6.45, 7) is 1.71. The van der Waals surface area contributed by atoms with E-state index in [2.05, 4.69) is 0 Å². The molecule has 0 aromatic rings. The van der Waals surface area contributed by atoms with E-state index < -0.39 is 0 Å². The molecular formula is C2H7IMgO. The fourth-order valence-electron chi connectivity index (χ4n) is 0. The van der Waals surface area contributed by atoms with Crippen LogP contribution >= 0.6 is 22.6 Å². The summed E-state index contributed by atoms with van der Waals surface area (Å²) in [6.07, 6.45) is 0. The Bertz CT molecular complexity index is 14.4. The number of aliphatic hydroxyl groups excluding tert-OH is 1. The molecule has 1 N–H and O–H groups in total. The molecule has 0 bridgehead atoms. The summed E-state index contributed by atoms with van der Waals surface area (Å²) >= 11 is 1.90. The van der Waals surface area contributed by atoms with E-state index >= 15 is 0 Å². The molecule has 0 heterocycles. The highest BCUT2D eigenvalue weighted by atomic mass is 127. The van der Waals surface area contributed by atoms with Gasteiger partial charge in [0.1, 0.15) is 4.11 Å². The Morgan fingerprint density at radius 3 is 1.80 bits per heavy atom. The quantitative estimate of drug-likeness (QED) is 0.326. The summed E-state index contributed by atoms with van der Waals surface area (Å²) in [5.41, 5.74) is 0. The lowest BCUT2D eigenvalue weighted by atomic mass is 10.9. The second kappa shape index (κ2) is 5.46. The van der Waals surface area contributed by atoms with Gasteiger partial charge in [-0.15, -0.1) is 0 Å². The molecule has 0 aromatic carbocycles. The first-order chi connectivity index (χ1) is 1.73. The molecule has 0 saturated heterocycles. The van der Waals surface area contributed by atoms with Crippen molar-refractivity contribution in [2.75, 3.05) is 0 Å². The first-order valence-corrected chi connectivity index (χ1v) is 2.30. The SMILES string of the molecule is CC(O)I.[MgH2]. The molecule has 0 saturated carbocycles. The Morgan fingerprint density at radius 2 is 1.80 bits per heavy atom. The Labute approximate surface area is 61.4 Å². The Kier molecular flexibility index (Phi) is 10.6. The third kappa shape index (κ3) is 30.7. The average Bonchev–Trinajstić information content (AvgIpc) is 0.811. The number of hydrogen-bond acceptors (Lipinski definition) is 1. The highest BCUT2D eigenvalue weighted by molar-refractivity contribution is 14.1. The van der Waals surface area contributed by atoms with Crippen molar-refractivity contribution in [3.8, 4) is 0 Å². The van der Waals surface area contributed by atoms with Gasteiger partial charge in [0, 0.05) is 0 Å². The summed E-state index contributed by atoms with van der Waals surface area (Å²) < 4.78 is -0.197. The van der Waals surface area contributed by atoms with Gasteiger partial charge in [-0.25, -0.2) is 0 Å². The highest BCUT2D eigenvalue weighted by Crippen LogP contribution is 1.86. The summed E-state index contributed by atoms with van der Waals surface area (Å²) in [6, 6.07) is 0. The topological polar surface area (TPSA) is 20.2 Å². The van der Waals surface area contributed by atoms with E-state index in [1.54, 1.807) is 6.92 Å². The maximum Gasteiger partial charge on any atom is 0.316 e. The van der Waals surface area contributed by atoms with Crippen LogP contribution in [0.4, 0.5) is 0 Å². The van der Waals surface area contributed by atoms with Gasteiger partial charge < -0.3 is 5.11 Å². The molecule has 0 radical (unpaired) electrons. The van der Waals surface area contributed by atoms with E-state index in [0.29, 0.717) is 0 Å². The van der Waals surface area contributed by atoms with Crippen LogP contribution in [0.2, 0.25) is 0 Å². The van der Waals surface area contributed by atoms with Gasteiger partial charge in [0.05, 0.1) is 0 Å². The van der Waals surface area contributed by atoms with Crippen molar-refractivity contribution in [3.63, 3.8) is 0 Å². The molecule has 0 aliphatic heterocycles. The van der Waals surface area contributed by atoms with Crippen LogP contribution in [0.1, 0.15) is 6.92 Å². The molecule has 1 unspecified atom stereocenters. The molecule has 0 amide bonds. The number of alkyl halides is 1. The molecule has 3 heteroatoms. The monoisotopic (exact) mass is 198 g/mol. The minimum atomic E-state index is -0.197. The van der Waals surface area contributed by atoms with E-state index in [0.717, 1.165) is 0 Å². The first-order valence-electron chi connectivity index (χ1n) is 1.05. The Hall–Kier alpha value is 1.46. The zero-order chi connectivity index (χ0) is 3.58. The molecule has 0 fully saturated rings. The highest BCUT2D eigenvalue weighted by Gasteiger charge is 1.72. The maximum absolute atomic E-state index is 8.04. The Balaban J connectivity index is 0. The summed E-state index contributed by atoms with van der Waals surface area (Å²) in [5.74, 6) is 0. The van der Waals surface area contributed by atoms with Crippen LogP contribution in [-0.2, 0) is 0 Å². The van der Waals surface area contributed by atoms with Crippen molar-refractivity contribution in [2.45, 2.75) is 11.0 Å². The van der Waals surface area contributed by atoms with Crippen molar-refractivity contribution in [2.24, 2.45) is 0 Å². The van der Waals surface area contributed by atoms with Gasteiger partial charge >= 0.3 is 23.1 Å². The number of rotatable bonds is 0. The molecule has 0 aliphatic rings. The van der Waals surface area contributed by atoms with Crippen LogP contribution in [0.15, 0.2) is 0 Å². The van der Waals surface area contributed by atoms with Gasteiger partial charge in [-0.3, -0.25) is 0 Å². The molecule has 30 valence electrons. The molecule has 0 aromatic heterocycles. The van der Waals surface area contributed by atoms with Crippen molar-refractivity contribution >= 4 is 45.6 Å². The molecule has 0 spiro atoms. The van der Waals surface area contributed by atoms with Crippen LogP contribution in [0.5, 0.6) is 0 Å². The summed E-state index contributed by atoms with van der Waals surface area (Å²) in [7, 11) is 0. The third-order valence-electron chi connectivity index (χ3n) is 0. The third-order valence-corrected chi connectivity index (χ3v) is 0. The second-order valence-electron chi connectivity index (χ2n) is 0.574. The molecule has 1 atom stereocenters. The van der Waals surface area contributed by atoms with Crippen molar-refractivity contribution in [3.05, 3.63) is 0 Å². The van der Waals surface area contributed by atoms with E-state index in [4.69, 9.17) is 5.11 Å². The van der Waals surface area contributed by atoms with E-state index in [9.17, 15) is 0 Å². The lowest BCUT2D eigenvalue weighted by Gasteiger charge is -1.77. The first kappa shape index (κ1) is 9.68. The second-order valence-corrected chi connectivity index (χ2v) is 2.38. The summed E-state index contributed by atoms with van der Waals surface area (Å²) in [4.78, 5) is 0. The van der Waals surface area contributed by atoms with E-state index in [1.807, 2.05) is 22.6 Å². The number of hydrogen-bond donors (Lipinski definition) is 1. The number of aliphatic hydroxyl groups is 1. The van der Waals surface area contributed by atoms with Crippen molar-refractivity contribution in [1.29, 1.82) is 0 Å². The minimum absolute atomic E-state index is 0. The zero-order valence-electron chi connectivity index (χ0n) is 2.40. The largest absolute Gasteiger partial charge is 0.383 e. The minimum Gasteiger partial charge on any atom is -0.383 e. The van der Waals surface area contributed by atoms with Gasteiger partial charge in [-0.1, -0.05) is 22.6 Å². The van der Waals surface area contributed by atoms with Gasteiger partial charge in [0.2, 0.25) is 0 Å². The average molecular weight is 198 g/mol. The smallest absolute Gasteiger partial charge is 0.316 e. The predicted molar refractivity (Wildman–Crippen MR) is 34.2 cm³/mol. The van der Waals surface area contributed by atoms with Crippen LogP contribution in [0.25, 0.3) is 0 Å². The van der Waals surface area contributed by atoms with Crippen LogP contribution in [-0.4, -0.2) is 32.3 Å². The standard InChI is InChI=1S/C2H5IO.Mg.2H/c1-2(3)4;;;/h2,4H,1H3;;;. The Morgan fingerprint density at radius 1 is 1.80 bits per heavy atom. The van der Waals surface area contributed by atoms with Crippen molar-refractivity contribution < 1.29 is 5.11 Å². The molecule has 0 rings (SSSR count). The van der Waals surface area contributed by atoms with E-state index in [1.165, 1.54) is 0 Å². The predicted octanol–water partition coefficient (Wildman–Crippen LogP) is -0.156. The zero-order valence-corrected chi connectivity index (χ0v) is 4.56. The fourth-order valence-corrected chi connectivity index (χ4v) is 0. The van der Waals surface area contributed by atoms with Gasteiger partial charge in [0.25, 0.3) is 0 Å². The van der Waals surface area contributed by atoms with Gasteiger partial charge in [-0.2, -0.15) is 0 Å². The maximum atomic E-state index is 8.04.